The summed E-state index contributed by atoms with van der Waals surface area (Å²) in [5.41, 5.74) is 0.263. The Bertz CT molecular complexity index is 813. The highest BCUT2D eigenvalue weighted by Crippen LogP contribution is 2.22. The maximum Gasteiger partial charge on any atom is 0.305 e. The predicted octanol–water partition coefficient (Wildman–Crippen LogP) is 2.99. The first-order chi connectivity index (χ1) is 12.3. The monoisotopic (exact) mass is 398 g/mol. The zero-order valence-corrected chi connectivity index (χ0v) is 15.2. The molecule has 1 aromatic carbocycles. The van der Waals surface area contributed by atoms with Crippen molar-refractivity contribution in [3.05, 3.63) is 57.0 Å². The van der Waals surface area contributed by atoms with Gasteiger partial charge in [0, 0.05) is 0 Å². The van der Waals surface area contributed by atoms with E-state index in [0.29, 0.717) is 4.88 Å². The van der Waals surface area contributed by atoms with Crippen LogP contribution in [0.2, 0.25) is 5.02 Å². The number of aliphatic carboxylic acids is 1. The summed E-state index contributed by atoms with van der Waals surface area (Å²) in [6, 6.07) is 5.26. The lowest BCUT2D eigenvalue weighted by Gasteiger charge is -2.21. The van der Waals surface area contributed by atoms with Gasteiger partial charge in [0.05, 0.1) is 22.4 Å². The smallest absolute Gasteiger partial charge is 0.305 e. The fourth-order valence-corrected chi connectivity index (χ4v) is 2.94. The van der Waals surface area contributed by atoms with E-state index < -0.39 is 42.1 Å². The number of hydrogen-bond acceptors (Lipinski definition) is 4. The normalized spacial score (nSPS) is 12.9. The van der Waals surface area contributed by atoms with E-state index in [4.69, 9.17) is 16.7 Å². The number of carboxylic acids is 1. The Balaban J connectivity index is 2.08. The summed E-state index contributed by atoms with van der Waals surface area (Å²) in [5.74, 6) is -2.87. The molecule has 0 spiro atoms. The molecule has 1 heterocycles. The minimum atomic E-state index is -1.17. The molecule has 0 aliphatic heterocycles. The summed E-state index contributed by atoms with van der Waals surface area (Å²) in [7, 11) is 0. The molecular formula is C17H16ClFN2O4S. The lowest BCUT2D eigenvalue weighted by molar-refractivity contribution is -0.137. The molecule has 0 aliphatic rings. The average molecular weight is 399 g/mol. The third-order valence-corrected chi connectivity index (χ3v) is 4.70. The highest BCUT2D eigenvalue weighted by atomic mass is 35.5. The lowest BCUT2D eigenvalue weighted by atomic mass is 10.0. The van der Waals surface area contributed by atoms with Crippen molar-refractivity contribution in [1.29, 1.82) is 0 Å². The second kappa shape index (κ2) is 8.77. The fraction of sp³-hybridized carbons (Fsp3) is 0.235. The number of thiophene rings is 1. The maximum absolute atomic E-state index is 13.7. The highest BCUT2D eigenvalue weighted by molar-refractivity contribution is 7.12. The van der Waals surface area contributed by atoms with Gasteiger partial charge < -0.3 is 15.7 Å². The zero-order valence-electron chi connectivity index (χ0n) is 13.7. The minimum Gasteiger partial charge on any atom is -0.481 e. The van der Waals surface area contributed by atoms with Crippen LogP contribution in [0.15, 0.2) is 35.7 Å². The SMILES string of the molecule is C[C@H](NC(=O)c1cccs1)C(=O)N[C@@H](CC(=O)O)c1ccc(Cl)c(F)c1. The summed E-state index contributed by atoms with van der Waals surface area (Å²) in [4.78, 5) is 35.9. The van der Waals surface area contributed by atoms with Gasteiger partial charge in [-0.15, -0.1) is 11.3 Å². The fourth-order valence-electron chi connectivity index (χ4n) is 2.19. The molecule has 2 atom stereocenters. The summed E-state index contributed by atoms with van der Waals surface area (Å²) in [6.07, 6.45) is -0.446. The summed E-state index contributed by atoms with van der Waals surface area (Å²) >= 11 is 6.86. The van der Waals surface area contributed by atoms with Crippen molar-refractivity contribution < 1.29 is 23.9 Å². The van der Waals surface area contributed by atoms with Crippen molar-refractivity contribution >= 4 is 40.7 Å². The van der Waals surface area contributed by atoms with Crippen LogP contribution in [0.3, 0.4) is 0 Å². The number of hydrogen-bond donors (Lipinski definition) is 3. The molecule has 0 bridgehead atoms. The summed E-state index contributed by atoms with van der Waals surface area (Å²) in [6.45, 7) is 1.47. The molecule has 0 unspecified atom stereocenters. The molecule has 26 heavy (non-hydrogen) atoms. The molecule has 0 saturated heterocycles. The van der Waals surface area contributed by atoms with Gasteiger partial charge in [-0.1, -0.05) is 23.7 Å². The molecular weight excluding hydrogens is 383 g/mol. The van der Waals surface area contributed by atoms with E-state index in [0.717, 1.165) is 6.07 Å². The van der Waals surface area contributed by atoms with Crippen LogP contribution in [0, 0.1) is 5.82 Å². The quantitative estimate of drug-likeness (QED) is 0.668. The Morgan fingerprint density at radius 3 is 2.58 bits per heavy atom. The van der Waals surface area contributed by atoms with Crippen LogP contribution in [0.25, 0.3) is 0 Å². The van der Waals surface area contributed by atoms with Crippen LogP contribution in [0.5, 0.6) is 0 Å². The molecule has 0 saturated carbocycles. The van der Waals surface area contributed by atoms with Crippen molar-refractivity contribution in [3.63, 3.8) is 0 Å². The number of carbonyl (C=O) groups is 3. The van der Waals surface area contributed by atoms with E-state index >= 15 is 0 Å². The van der Waals surface area contributed by atoms with Crippen molar-refractivity contribution in [3.8, 4) is 0 Å². The number of rotatable bonds is 7. The Labute approximate surface area is 158 Å². The number of nitrogens with one attached hydrogen (secondary N) is 2. The number of amides is 2. The molecule has 2 rings (SSSR count). The van der Waals surface area contributed by atoms with Gasteiger partial charge in [-0.2, -0.15) is 0 Å². The van der Waals surface area contributed by atoms with E-state index in [1.165, 1.54) is 30.4 Å². The van der Waals surface area contributed by atoms with Crippen molar-refractivity contribution in [2.24, 2.45) is 0 Å². The van der Waals surface area contributed by atoms with Crippen LogP contribution in [0.4, 0.5) is 4.39 Å². The second-order valence-corrected chi connectivity index (χ2v) is 6.86. The number of benzene rings is 1. The van der Waals surface area contributed by atoms with Gasteiger partial charge in [0.2, 0.25) is 5.91 Å². The number of carbonyl (C=O) groups excluding carboxylic acids is 2. The summed E-state index contributed by atoms with van der Waals surface area (Å²) in [5, 5.41) is 15.7. The van der Waals surface area contributed by atoms with Gasteiger partial charge in [-0.05, 0) is 36.1 Å². The molecule has 138 valence electrons. The van der Waals surface area contributed by atoms with Gasteiger partial charge in [-0.25, -0.2) is 4.39 Å². The first-order valence-electron chi connectivity index (χ1n) is 7.59. The molecule has 2 amide bonds. The van der Waals surface area contributed by atoms with Gasteiger partial charge in [-0.3, -0.25) is 14.4 Å². The van der Waals surface area contributed by atoms with E-state index in [1.54, 1.807) is 17.5 Å². The molecule has 6 nitrogen and oxygen atoms in total. The van der Waals surface area contributed by atoms with Gasteiger partial charge in [0.25, 0.3) is 5.91 Å². The molecule has 3 N–H and O–H groups in total. The molecule has 0 fully saturated rings. The first kappa shape index (κ1) is 19.9. The maximum atomic E-state index is 13.7. The van der Waals surface area contributed by atoms with Crippen LogP contribution >= 0.6 is 22.9 Å². The Kier molecular flexibility index (Phi) is 6.70. The molecule has 2 aromatic rings. The Hall–Kier alpha value is -2.45. The predicted molar refractivity (Wildman–Crippen MR) is 95.8 cm³/mol. The molecule has 1 aromatic heterocycles. The van der Waals surface area contributed by atoms with Crippen LogP contribution in [-0.4, -0.2) is 28.9 Å². The van der Waals surface area contributed by atoms with Gasteiger partial charge >= 0.3 is 5.97 Å². The first-order valence-corrected chi connectivity index (χ1v) is 8.85. The van der Waals surface area contributed by atoms with E-state index in [-0.39, 0.29) is 10.6 Å². The standard InChI is InChI=1S/C17H16ClFN2O4S/c1-9(20-17(25)14-3-2-6-26-14)16(24)21-13(8-15(22)23)10-4-5-11(18)12(19)7-10/h2-7,9,13H,8H2,1H3,(H,20,25)(H,21,24)(H,22,23)/t9-,13-/m0/s1. The summed E-state index contributed by atoms with van der Waals surface area (Å²) < 4.78 is 13.7. The number of halogens is 2. The van der Waals surface area contributed by atoms with Gasteiger partial charge in [0.15, 0.2) is 0 Å². The third kappa shape index (κ3) is 5.27. The van der Waals surface area contributed by atoms with Crippen molar-refractivity contribution in [2.75, 3.05) is 0 Å². The van der Waals surface area contributed by atoms with E-state index in [9.17, 15) is 18.8 Å². The van der Waals surface area contributed by atoms with Crippen LogP contribution in [0.1, 0.15) is 34.6 Å². The largest absolute Gasteiger partial charge is 0.481 e. The van der Waals surface area contributed by atoms with Crippen molar-refractivity contribution in [2.45, 2.75) is 25.4 Å². The molecule has 9 heteroatoms. The topological polar surface area (TPSA) is 95.5 Å². The second-order valence-electron chi connectivity index (χ2n) is 5.51. The van der Waals surface area contributed by atoms with Crippen molar-refractivity contribution in [1.82, 2.24) is 10.6 Å². The van der Waals surface area contributed by atoms with E-state index in [1.807, 2.05) is 0 Å². The van der Waals surface area contributed by atoms with E-state index in [2.05, 4.69) is 10.6 Å². The highest BCUT2D eigenvalue weighted by Gasteiger charge is 2.23. The minimum absolute atomic E-state index is 0.106. The Morgan fingerprint density at radius 1 is 1.27 bits per heavy atom. The lowest BCUT2D eigenvalue weighted by Crippen LogP contribution is -2.46. The molecule has 0 aliphatic carbocycles. The average Bonchev–Trinajstić information content (AvgIpc) is 3.10. The molecule has 0 radical (unpaired) electrons. The van der Waals surface area contributed by atoms with Crippen LogP contribution < -0.4 is 10.6 Å². The van der Waals surface area contributed by atoms with Gasteiger partial charge in [0.1, 0.15) is 11.9 Å². The third-order valence-electron chi connectivity index (χ3n) is 3.53. The number of carboxylic acid groups (broad SMARTS) is 1. The van der Waals surface area contributed by atoms with Crippen LogP contribution in [-0.2, 0) is 9.59 Å². The Morgan fingerprint density at radius 2 is 2.00 bits per heavy atom. The zero-order chi connectivity index (χ0) is 19.3.